The monoisotopic (exact) mass is 442 g/mol. The van der Waals surface area contributed by atoms with Crippen LogP contribution >= 0.6 is 11.6 Å². The standard InChI is InChI=1S/C24H27ClN2O4/c1-24(2,3)31-23(29)26-9-7-17-12-20-21(13-18(17)8-10-26)30-15-22(28)27(20)14-16-5-4-6-19(25)11-16/h4-6,11-13H,7-10,14-15H2,1-3H3. The Hall–Kier alpha value is -2.73. The fraction of sp³-hybridized carbons (Fsp3) is 0.417. The predicted molar refractivity (Wildman–Crippen MR) is 120 cm³/mol. The third-order valence-corrected chi connectivity index (χ3v) is 5.64. The summed E-state index contributed by atoms with van der Waals surface area (Å²) in [5.41, 5.74) is 3.46. The molecule has 2 amide bonds. The molecule has 0 fully saturated rings. The van der Waals surface area contributed by atoms with Gasteiger partial charge in [-0.3, -0.25) is 4.79 Å². The summed E-state index contributed by atoms with van der Waals surface area (Å²) in [7, 11) is 0. The number of nitrogens with zero attached hydrogens (tertiary/aromatic N) is 2. The molecule has 0 unspecified atom stereocenters. The van der Waals surface area contributed by atoms with Crippen molar-refractivity contribution in [1.82, 2.24) is 4.90 Å². The summed E-state index contributed by atoms with van der Waals surface area (Å²) in [6.07, 6.45) is 1.12. The lowest BCUT2D eigenvalue weighted by Crippen LogP contribution is -2.38. The van der Waals surface area contributed by atoms with Gasteiger partial charge in [-0.25, -0.2) is 4.79 Å². The highest BCUT2D eigenvalue weighted by Gasteiger charge is 2.29. The van der Waals surface area contributed by atoms with Crippen molar-refractivity contribution < 1.29 is 19.1 Å². The molecule has 0 aromatic heterocycles. The Labute approximate surface area is 187 Å². The Kier molecular flexibility index (Phi) is 5.84. The fourth-order valence-corrected chi connectivity index (χ4v) is 4.13. The van der Waals surface area contributed by atoms with Gasteiger partial charge < -0.3 is 19.3 Å². The zero-order chi connectivity index (χ0) is 22.2. The quantitative estimate of drug-likeness (QED) is 0.681. The first-order chi connectivity index (χ1) is 14.7. The number of carbonyl (C=O) groups is 2. The van der Waals surface area contributed by atoms with E-state index in [1.54, 1.807) is 9.80 Å². The molecule has 2 aromatic rings. The number of rotatable bonds is 2. The zero-order valence-corrected chi connectivity index (χ0v) is 18.9. The van der Waals surface area contributed by atoms with Crippen LogP contribution in [0.3, 0.4) is 0 Å². The summed E-state index contributed by atoms with van der Waals surface area (Å²) >= 11 is 6.12. The second-order valence-corrected chi connectivity index (χ2v) is 9.39. The number of benzene rings is 2. The minimum atomic E-state index is -0.523. The molecule has 6 nitrogen and oxygen atoms in total. The van der Waals surface area contributed by atoms with E-state index in [2.05, 4.69) is 0 Å². The number of carbonyl (C=O) groups excluding carboxylic acids is 2. The van der Waals surface area contributed by atoms with E-state index in [0.717, 1.165) is 22.4 Å². The van der Waals surface area contributed by atoms with Crippen LogP contribution in [0.1, 0.15) is 37.5 Å². The molecule has 4 rings (SSSR count). The lowest BCUT2D eigenvalue weighted by Gasteiger charge is -2.30. The molecule has 164 valence electrons. The molecule has 0 saturated heterocycles. The molecule has 2 aliphatic heterocycles. The van der Waals surface area contributed by atoms with Crippen molar-refractivity contribution in [3.05, 3.63) is 58.1 Å². The van der Waals surface area contributed by atoms with Crippen LogP contribution < -0.4 is 9.64 Å². The van der Waals surface area contributed by atoms with E-state index in [1.807, 2.05) is 57.2 Å². The molecule has 0 bridgehead atoms. The van der Waals surface area contributed by atoms with Gasteiger partial charge in [-0.15, -0.1) is 0 Å². The predicted octanol–water partition coefficient (Wildman–Crippen LogP) is 4.60. The third-order valence-electron chi connectivity index (χ3n) is 5.41. The van der Waals surface area contributed by atoms with Crippen LogP contribution in [0.2, 0.25) is 5.02 Å². The molecule has 0 atom stereocenters. The minimum absolute atomic E-state index is 0.0103. The van der Waals surface area contributed by atoms with Gasteiger partial charge in [-0.1, -0.05) is 23.7 Å². The molecule has 2 aliphatic rings. The van der Waals surface area contributed by atoms with E-state index in [0.29, 0.717) is 43.2 Å². The van der Waals surface area contributed by atoms with Crippen molar-refractivity contribution in [1.29, 1.82) is 0 Å². The van der Waals surface area contributed by atoms with Crippen molar-refractivity contribution in [2.24, 2.45) is 0 Å². The summed E-state index contributed by atoms with van der Waals surface area (Å²) in [5, 5.41) is 0.641. The van der Waals surface area contributed by atoms with Gasteiger partial charge >= 0.3 is 6.09 Å². The van der Waals surface area contributed by atoms with Crippen LogP contribution in [0.4, 0.5) is 10.5 Å². The largest absolute Gasteiger partial charge is 0.482 e. The van der Waals surface area contributed by atoms with E-state index in [-0.39, 0.29) is 18.6 Å². The highest BCUT2D eigenvalue weighted by atomic mass is 35.5. The highest BCUT2D eigenvalue weighted by Crippen LogP contribution is 2.37. The Balaban J connectivity index is 1.57. The van der Waals surface area contributed by atoms with E-state index in [9.17, 15) is 9.59 Å². The molecule has 0 saturated carbocycles. The second-order valence-electron chi connectivity index (χ2n) is 8.95. The summed E-state index contributed by atoms with van der Waals surface area (Å²) < 4.78 is 11.3. The van der Waals surface area contributed by atoms with Gasteiger partial charge in [0.05, 0.1) is 12.2 Å². The Morgan fingerprint density at radius 1 is 1.13 bits per heavy atom. The summed E-state index contributed by atoms with van der Waals surface area (Å²) in [6.45, 7) is 7.21. The Morgan fingerprint density at radius 3 is 2.52 bits per heavy atom. The van der Waals surface area contributed by atoms with E-state index >= 15 is 0 Å². The first-order valence-corrected chi connectivity index (χ1v) is 10.9. The zero-order valence-electron chi connectivity index (χ0n) is 18.1. The van der Waals surface area contributed by atoms with Crippen LogP contribution in [0.25, 0.3) is 0 Å². The average molecular weight is 443 g/mol. The normalized spacial score (nSPS) is 16.2. The highest BCUT2D eigenvalue weighted by molar-refractivity contribution is 6.30. The topological polar surface area (TPSA) is 59.1 Å². The third kappa shape index (κ3) is 4.96. The van der Waals surface area contributed by atoms with Crippen LogP contribution in [0.15, 0.2) is 36.4 Å². The van der Waals surface area contributed by atoms with Crippen LogP contribution in [-0.2, 0) is 28.9 Å². The molecule has 2 aromatic carbocycles. The molecular formula is C24H27ClN2O4. The van der Waals surface area contributed by atoms with Gasteiger partial charge in [-0.05, 0) is 74.6 Å². The van der Waals surface area contributed by atoms with Gasteiger partial charge in [0.25, 0.3) is 5.91 Å². The van der Waals surface area contributed by atoms with Crippen molar-refractivity contribution in [3.8, 4) is 5.75 Å². The van der Waals surface area contributed by atoms with E-state index < -0.39 is 5.60 Å². The molecule has 0 aliphatic carbocycles. The van der Waals surface area contributed by atoms with Crippen molar-refractivity contribution in [2.75, 3.05) is 24.6 Å². The average Bonchev–Trinajstić information content (AvgIpc) is 2.90. The summed E-state index contributed by atoms with van der Waals surface area (Å²) in [6, 6.07) is 11.6. The van der Waals surface area contributed by atoms with Gasteiger partial charge in [-0.2, -0.15) is 0 Å². The number of ether oxygens (including phenoxy) is 2. The van der Waals surface area contributed by atoms with Crippen molar-refractivity contribution in [3.63, 3.8) is 0 Å². The Bertz CT molecular complexity index is 1020. The van der Waals surface area contributed by atoms with Crippen molar-refractivity contribution in [2.45, 2.75) is 45.8 Å². The lowest BCUT2D eigenvalue weighted by molar-refractivity contribution is -0.121. The van der Waals surface area contributed by atoms with Gasteiger partial charge in [0, 0.05) is 18.1 Å². The minimum Gasteiger partial charge on any atom is -0.482 e. The molecule has 0 radical (unpaired) electrons. The van der Waals surface area contributed by atoms with Gasteiger partial charge in [0.2, 0.25) is 0 Å². The van der Waals surface area contributed by atoms with Crippen molar-refractivity contribution >= 4 is 29.3 Å². The molecular weight excluding hydrogens is 416 g/mol. The van der Waals surface area contributed by atoms with Gasteiger partial charge in [0.1, 0.15) is 11.4 Å². The SMILES string of the molecule is CC(C)(C)OC(=O)N1CCc2cc3c(cc2CC1)N(Cc1cccc(Cl)c1)C(=O)CO3. The van der Waals surface area contributed by atoms with E-state index in [1.165, 1.54) is 0 Å². The summed E-state index contributed by atoms with van der Waals surface area (Å²) in [5.74, 6) is 0.613. The van der Waals surface area contributed by atoms with E-state index in [4.69, 9.17) is 21.1 Å². The molecule has 0 spiro atoms. The number of amides is 2. The second kappa shape index (κ2) is 8.42. The maximum atomic E-state index is 12.7. The molecule has 2 heterocycles. The molecule has 0 N–H and O–H groups in total. The molecule has 7 heteroatoms. The summed E-state index contributed by atoms with van der Waals surface area (Å²) in [4.78, 5) is 28.7. The maximum Gasteiger partial charge on any atom is 0.410 e. The fourth-order valence-electron chi connectivity index (χ4n) is 3.92. The van der Waals surface area contributed by atoms with Crippen LogP contribution in [-0.4, -0.2) is 42.2 Å². The first kappa shape index (κ1) is 21.5. The van der Waals surface area contributed by atoms with Crippen LogP contribution in [0, 0.1) is 0 Å². The number of fused-ring (bicyclic) bond motifs is 2. The smallest absolute Gasteiger partial charge is 0.410 e. The lowest BCUT2D eigenvalue weighted by atomic mass is 10.00. The van der Waals surface area contributed by atoms with Crippen LogP contribution in [0.5, 0.6) is 5.75 Å². The molecule has 31 heavy (non-hydrogen) atoms. The number of anilines is 1. The van der Waals surface area contributed by atoms with Gasteiger partial charge in [0.15, 0.2) is 6.61 Å². The number of halogens is 1. The number of hydrogen-bond donors (Lipinski definition) is 0. The number of hydrogen-bond acceptors (Lipinski definition) is 4. The maximum absolute atomic E-state index is 12.7. The first-order valence-electron chi connectivity index (χ1n) is 10.5. The Morgan fingerprint density at radius 2 is 1.84 bits per heavy atom.